The normalized spacial score (nSPS) is 7.94. The van der Waals surface area contributed by atoms with Crippen molar-refractivity contribution >= 4 is 5.97 Å². The molecular formula is C14H25O2Y-. The van der Waals surface area contributed by atoms with Crippen molar-refractivity contribution in [2.75, 3.05) is 0 Å². The molecule has 0 bridgehead atoms. The van der Waals surface area contributed by atoms with E-state index in [2.05, 4.69) is 6.92 Å². The van der Waals surface area contributed by atoms with E-state index in [1.54, 1.807) is 0 Å². The molecule has 0 saturated heterocycles. The van der Waals surface area contributed by atoms with Gasteiger partial charge in [0, 0.05) is 34.1 Å². The molecule has 0 amide bonds. The van der Waals surface area contributed by atoms with E-state index in [1.807, 2.05) is 38.1 Å². The third kappa shape index (κ3) is 9.49. The van der Waals surface area contributed by atoms with Crippen LogP contribution in [0.4, 0.5) is 0 Å². The van der Waals surface area contributed by atoms with E-state index < -0.39 is 5.97 Å². The van der Waals surface area contributed by atoms with Crippen molar-refractivity contribution in [1.29, 1.82) is 0 Å². The van der Waals surface area contributed by atoms with Crippen molar-refractivity contribution in [3.63, 3.8) is 0 Å². The zero-order valence-electron chi connectivity index (χ0n) is 11.4. The van der Waals surface area contributed by atoms with Gasteiger partial charge in [-0.1, -0.05) is 51.5 Å². The smallest absolute Gasteiger partial charge is 0.307 e. The van der Waals surface area contributed by atoms with E-state index in [-0.39, 0.29) is 48.0 Å². The van der Waals surface area contributed by atoms with Gasteiger partial charge in [0.1, 0.15) is 0 Å². The number of benzene rings is 1. The molecule has 0 spiro atoms. The van der Waals surface area contributed by atoms with E-state index in [1.165, 1.54) is 0 Å². The minimum Gasteiger partial charge on any atom is -0.481 e. The third-order valence-corrected chi connectivity index (χ3v) is 1.98. The fourth-order valence-corrected chi connectivity index (χ4v) is 1.41. The maximum atomic E-state index is 10.5. The molecule has 0 fully saturated rings. The Bertz CT molecular complexity index is 304. The van der Waals surface area contributed by atoms with E-state index in [0.29, 0.717) is 0 Å². The quantitative estimate of drug-likeness (QED) is 0.853. The largest absolute Gasteiger partial charge is 0.481 e. The van der Waals surface area contributed by atoms with Gasteiger partial charge in [0.25, 0.3) is 0 Å². The van der Waals surface area contributed by atoms with Crippen molar-refractivity contribution < 1.29 is 44.0 Å². The molecule has 1 aromatic rings. The van der Waals surface area contributed by atoms with Crippen LogP contribution in [0.25, 0.3) is 0 Å². The number of rotatable bonds is 4. The molecule has 0 unspecified atom stereocenters. The summed E-state index contributed by atoms with van der Waals surface area (Å²) >= 11 is 0. The summed E-state index contributed by atoms with van der Waals surface area (Å²) in [6.07, 6.45) is 2.15. The predicted molar refractivity (Wildman–Crippen MR) is 71.7 cm³/mol. The molecule has 0 atom stereocenters. The first kappa shape index (κ1) is 22.0. The minimum absolute atomic E-state index is 0. The molecule has 3 heteroatoms. The molecule has 0 aromatic heterocycles. The Morgan fingerprint density at radius 2 is 1.71 bits per heavy atom. The van der Waals surface area contributed by atoms with Crippen LogP contribution in [-0.2, 0) is 50.3 Å². The summed E-state index contributed by atoms with van der Waals surface area (Å²) in [4.78, 5) is 10.5. The number of carboxylic acids is 1. The fraction of sp³-hybridized carbons (Fsp3) is 0.429. The summed E-state index contributed by atoms with van der Waals surface area (Å²) in [5.74, 6) is -0.761. The van der Waals surface area contributed by atoms with Gasteiger partial charge >= 0.3 is 5.97 Å². The Hall–Kier alpha value is -0.206. The Kier molecular flexibility index (Phi) is 17.9. The number of hydrogen-bond acceptors (Lipinski definition) is 1. The Balaban J connectivity index is -0.000000186. The third-order valence-electron chi connectivity index (χ3n) is 1.98. The van der Waals surface area contributed by atoms with Crippen LogP contribution in [0, 0.1) is 7.43 Å². The predicted octanol–water partition coefficient (Wildman–Crippen LogP) is 3.99. The van der Waals surface area contributed by atoms with E-state index >= 15 is 0 Å². The molecule has 2 nitrogen and oxygen atoms in total. The second kappa shape index (κ2) is 13.9. The average Bonchev–Trinajstić information content (AvgIpc) is 2.23. The molecular weight excluding hydrogens is 289 g/mol. The summed E-state index contributed by atoms with van der Waals surface area (Å²) in [6.45, 7) is 6.09. The molecule has 0 aliphatic rings. The van der Waals surface area contributed by atoms with Crippen molar-refractivity contribution in [3.05, 3.63) is 42.8 Å². The number of carbonyl (C=O) groups is 1. The molecule has 0 aliphatic carbocycles. The molecule has 1 radical (unpaired) electrons. The first-order chi connectivity index (χ1) is 7.24. The molecule has 0 aliphatic heterocycles. The van der Waals surface area contributed by atoms with Gasteiger partial charge in [-0.3, -0.25) is 4.79 Å². The fourth-order valence-electron chi connectivity index (χ4n) is 1.41. The zero-order chi connectivity index (χ0) is 11.7. The monoisotopic (exact) mass is 315 g/mol. The second-order valence-electron chi connectivity index (χ2n) is 3.09. The summed E-state index contributed by atoms with van der Waals surface area (Å²) in [7, 11) is 0. The Morgan fingerprint density at radius 1 is 1.24 bits per heavy atom. The molecule has 97 valence electrons. The SMILES string of the molecule is CC.CCCc1ccccc1CC(=O)O.[2HH].[CH3-].[Y]. The maximum absolute atomic E-state index is 10.5. The van der Waals surface area contributed by atoms with Crippen LogP contribution < -0.4 is 0 Å². The van der Waals surface area contributed by atoms with Crippen LogP contribution in [0.15, 0.2) is 24.3 Å². The number of aliphatic carboxylic acids is 1. The molecule has 0 heterocycles. The van der Waals surface area contributed by atoms with E-state index in [0.717, 1.165) is 24.0 Å². The van der Waals surface area contributed by atoms with Crippen LogP contribution >= 0.6 is 0 Å². The number of hydrogen-bond donors (Lipinski definition) is 1. The average molecular weight is 315 g/mol. The van der Waals surface area contributed by atoms with Crippen molar-refractivity contribution in [2.45, 2.75) is 40.0 Å². The molecule has 1 rings (SSSR count). The van der Waals surface area contributed by atoms with Gasteiger partial charge in [-0.05, 0) is 17.5 Å². The zero-order valence-corrected chi connectivity index (χ0v) is 14.2. The second-order valence-corrected chi connectivity index (χ2v) is 3.09. The van der Waals surface area contributed by atoms with Gasteiger partial charge in [0.05, 0.1) is 6.42 Å². The first-order valence-electron chi connectivity index (χ1n) is 5.52. The van der Waals surface area contributed by atoms with Gasteiger partial charge in [0.2, 0.25) is 0 Å². The summed E-state index contributed by atoms with van der Waals surface area (Å²) < 4.78 is 0. The van der Waals surface area contributed by atoms with Crippen LogP contribution in [0.1, 0.15) is 39.7 Å². The molecule has 1 aromatic carbocycles. The van der Waals surface area contributed by atoms with Crippen molar-refractivity contribution in [2.24, 2.45) is 0 Å². The summed E-state index contributed by atoms with van der Waals surface area (Å²) in [5, 5.41) is 8.66. The van der Waals surface area contributed by atoms with Crippen LogP contribution in [-0.4, -0.2) is 11.1 Å². The molecule has 0 saturated carbocycles. The Labute approximate surface area is 132 Å². The molecule has 1 N–H and O–H groups in total. The van der Waals surface area contributed by atoms with Crippen LogP contribution in [0.2, 0.25) is 0 Å². The van der Waals surface area contributed by atoms with Gasteiger partial charge < -0.3 is 12.5 Å². The van der Waals surface area contributed by atoms with Crippen molar-refractivity contribution in [3.8, 4) is 0 Å². The summed E-state index contributed by atoms with van der Waals surface area (Å²) in [6, 6.07) is 7.73. The van der Waals surface area contributed by atoms with Crippen LogP contribution in [0.5, 0.6) is 0 Å². The van der Waals surface area contributed by atoms with E-state index in [9.17, 15) is 4.79 Å². The van der Waals surface area contributed by atoms with Gasteiger partial charge in [-0.25, -0.2) is 0 Å². The van der Waals surface area contributed by atoms with Crippen molar-refractivity contribution in [1.82, 2.24) is 0 Å². The molecule has 17 heavy (non-hydrogen) atoms. The van der Waals surface area contributed by atoms with Crippen LogP contribution in [0.3, 0.4) is 0 Å². The van der Waals surface area contributed by atoms with E-state index in [4.69, 9.17) is 5.11 Å². The topological polar surface area (TPSA) is 37.3 Å². The standard InChI is InChI=1S/C11H14O2.C2H6.CH3.Y.H2/c1-2-5-9-6-3-4-7-10(9)8-11(12)13;1-2;;;/h3-4,6-7H,2,5,8H2,1H3,(H,12,13);1-2H3;1H3;;1H/q;;-1;;/i;;;;1+1. The van der Waals surface area contributed by atoms with Gasteiger partial charge in [-0.2, -0.15) is 0 Å². The maximum Gasteiger partial charge on any atom is 0.307 e. The number of carboxylic acid groups (broad SMARTS) is 1. The summed E-state index contributed by atoms with van der Waals surface area (Å²) in [5.41, 5.74) is 2.10. The minimum atomic E-state index is -0.761. The van der Waals surface area contributed by atoms with Gasteiger partial charge in [0.15, 0.2) is 0 Å². The first-order valence-corrected chi connectivity index (χ1v) is 5.52. The number of aryl methyl sites for hydroxylation is 1. The Morgan fingerprint density at radius 3 is 2.12 bits per heavy atom. The van der Waals surface area contributed by atoms with Gasteiger partial charge in [-0.15, -0.1) is 0 Å².